The van der Waals surface area contributed by atoms with Gasteiger partial charge in [-0.05, 0) is 32.8 Å². The van der Waals surface area contributed by atoms with Crippen LogP contribution in [0.2, 0.25) is 0 Å². The Morgan fingerprint density at radius 2 is 2.17 bits per heavy atom. The highest BCUT2D eigenvalue weighted by Crippen LogP contribution is 2.24. The highest BCUT2D eigenvalue weighted by Gasteiger charge is 2.23. The van der Waals surface area contributed by atoms with Gasteiger partial charge in [-0.25, -0.2) is 0 Å². The Morgan fingerprint density at radius 1 is 1.44 bits per heavy atom. The van der Waals surface area contributed by atoms with E-state index < -0.39 is 0 Å². The third-order valence-electron chi connectivity index (χ3n) is 3.88. The molecule has 0 radical (unpaired) electrons. The third kappa shape index (κ3) is 3.12. The van der Waals surface area contributed by atoms with Crippen LogP contribution in [0, 0.1) is 6.92 Å². The normalized spacial score (nSPS) is 16.9. The van der Waals surface area contributed by atoms with Crippen LogP contribution < -0.4 is 0 Å². The number of aryl methyl sites for hydroxylation is 2. The van der Waals surface area contributed by atoms with Gasteiger partial charge in [0, 0.05) is 25.7 Å². The summed E-state index contributed by atoms with van der Waals surface area (Å²) >= 11 is 0. The van der Waals surface area contributed by atoms with Crippen molar-refractivity contribution in [2.24, 2.45) is 0 Å². The number of hydrogen-bond donors (Lipinski definition) is 1. The van der Waals surface area contributed by atoms with E-state index in [1.165, 1.54) is 31.4 Å². The van der Waals surface area contributed by atoms with Gasteiger partial charge in [-0.3, -0.25) is 9.58 Å². The molecular weight excluding hydrogens is 226 g/mol. The molecule has 1 aliphatic carbocycles. The molecule has 0 unspecified atom stereocenters. The van der Waals surface area contributed by atoms with Crippen molar-refractivity contribution < 1.29 is 5.11 Å². The summed E-state index contributed by atoms with van der Waals surface area (Å²) in [7, 11) is 0. The molecule has 1 aliphatic rings. The zero-order chi connectivity index (χ0) is 13.0. The fourth-order valence-electron chi connectivity index (χ4n) is 3.00. The van der Waals surface area contributed by atoms with Gasteiger partial charge >= 0.3 is 0 Å². The van der Waals surface area contributed by atoms with Gasteiger partial charge in [0.05, 0.1) is 18.0 Å². The smallest absolute Gasteiger partial charge is 0.0597 e. The van der Waals surface area contributed by atoms with Crippen LogP contribution in [0.3, 0.4) is 0 Å². The summed E-state index contributed by atoms with van der Waals surface area (Å²) in [4.78, 5) is 2.43. The van der Waals surface area contributed by atoms with Gasteiger partial charge in [-0.2, -0.15) is 5.10 Å². The Balaban J connectivity index is 2.06. The number of aromatic nitrogens is 2. The molecule has 0 bridgehead atoms. The van der Waals surface area contributed by atoms with E-state index in [0.29, 0.717) is 6.04 Å². The SMILES string of the molecule is CCn1nc(C)cc1CN(CCO)C1CCCC1. The molecule has 0 aromatic carbocycles. The van der Waals surface area contributed by atoms with Crippen LogP contribution in [0.1, 0.15) is 44.0 Å². The highest BCUT2D eigenvalue weighted by molar-refractivity contribution is 5.09. The number of nitrogens with zero attached hydrogens (tertiary/aromatic N) is 3. The predicted molar refractivity (Wildman–Crippen MR) is 72.4 cm³/mol. The van der Waals surface area contributed by atoms with Crippen LogP contribution in [0.15, 0.2) is 6.07 Å². The molecule has 1 aromatic heterocycles. The van der Waals surface area contributed by atoms with Crippen LogP contribution in [0.25, 0.3) is 0 Å². The molecular formula is C14H25N3O. The first kappa shape index (κ1) is 13.6. The van der Waals surface area contributed by atoms with Gasteiger partial charge in [0.1, 0.15) is 0 Å². The molecule has 18 heavy (non-hydrogen) atoms. The lowest BCUT2D eigenvalue weighted by Crippen LogP contribution is -2.35. The van der Waals surface area contributed by atoms with Gasteiger partial charge in [0.15, 0.2) is 0 Å². The average Bonchev–Trinajstić information content (AvgIpc) is 2.97. The largest absolute Gasteiger partial charge is 0.395 e. The molecule has 2 rings (SSSR count). The molecule has 0 aliphatic heterocycles. The van der Waals surface area contributed by atoms with Crippen molar-refractivity contribution in [1.82, 2.24) is 14.7 Å². The molecule has 4 nitrogen and oxygen atoms in total. The Bertz CT molecular complexity index is 369. The van der Waals surface area contributed by atoms with Gasteiger partial charge in [-0.1, -0.05) is 12.8 Å². The van der Waals surface area contributed by atoms with E-state index in [2.05, 4.69) is 27.7 Å². The van der Waals surface area contributed by atoms with Crippen LogP contribution in [0.5, 0.6) is 0 Å². The van der Waals surface area contributed by atoms with E-state index in [1.807, 2.05) is 6.92 Å². The highest BCUT2D eigenvalue weighted by atomic mass is 16.3. The maximum atomic E-state index is 9.24. The molecule has 0 amide bonds. The van der Waals surface area contributed by atoms with Crippen molar-refractivity contribution in [2.45, 2.75) is 58.7 Å². The quantitative estimate of drug-likeness (QED) is 0.840. The van der Waals surface area contributed by atoms with Crippen LogP contribution in [-0.2, 0) is 13.1 Å². The first-order valence-electron chi connectivity index (χ1n) is 7.12. The zero-order valence-electron chi connectivity index (χ0n) is 11.6. The molecule has 0 saturated heterocycles. The molecule has 1 N–H and O–H groups in total. The standard InChI is InChI=1S/C14H25N3O/c1-3-17-14(10-12(2)15-17)11-16(8-9-18)13-6-4-5-7-13/h10,13,18H,3-9,11H2,1-2H3. The van der Waals surface area contributed by atoms with Crippen LogP contribution >= 0.6 is 0 Å². The zero-order valence-corrected chi connectivity index (χ0v) is 11.6. The lowest BCUT2D eigenvalue weighted by Gasteiger charge is -2.28. The lowest BCUT2D eigenvalue weighted by atomic mass is 10.2. The maximum absolute atomic E-state index is 9.24. The summed E-state index contributed by atoms with van der Waals surface area (Å²) in [6.45, 7) is 7.03. The van der Waals surface area contributed by atoms with E-state index in [0.717, 1.165) is 25.3 Å². The summed E-state index contributed by atoms with van der Waals surface area (Å²) in [5.74, 6) is 0. The van der Waals surface area contributed by atoms with Crippen LogP contribution in [0.4, 0.5) is 0 Å². The number of aliphatic hydroxyl groups excluding tert-OH is 1. The van der Waals surface area contributed by atoms with Crippen LogP contribution in [-0.4, -0.2) is 39.0 Å². The van der Waals surface area contributed by atoms with Crippen molar-refractivity contribution in [3.05, 3.63) is 17.5 Å². The Hall–Kier alpha value is -0.870. The molecule has 102 valence electrons. The number of rotatable bonds is 6. The molecule has 4 heteroatoms. The van der Waals surface area contributed by atoms with Crippen molar-refractivity contribution in [3.8, 4) is 0 Å². The lowest BCUT2D eigenvalue weighted by molar-refractivity contribution is 0.141. The Kier molecular flexibility index (Phi) is 4.78. The van der Waals surface area contributed by atoms with E-state index in [9.17, 15) is 5.11 Å². The van der Waals surface area contributed by atoms with Crippen molar-refractivity contribution in [3.63, 3.8) is 0 Å². The van der Waals surface area contributed by atoms with E-state index >= 15 is 0 Å². The second-order valence-electron chi connectivity index (χ2n) is 5.23. The summed E-state index contributed by atoms with van der Waals surface area (Å²) in [5, 5.41) is 13.7. The minimum Gasteiger partial charge on any atom is -0.395 e. The van der Waals surface area contributed by atoms with Gasteiger partial charge < -0.3 is 5.11 Å². The van der Waals surface area contributed by atoms with Crippen molar-refractivity contribution in [2.75, 3.05) is 13.2 Å². The van der Waals surface area contributed by atoms with Gasteiger partial charge in [-0.15, -0.1) is 0 Å². The first-order chi connectivity index (χ1) is 8.74. The molecule has 0 spiro atoms. The predicted octanol–water partition coefficient (Wildman–Crippen LogP) is 1.95. The summed E-state index contributed by atoms with van der Waals surface area (Å²) in [6.07, 6.45) is 5.22. The molecule has 1 aromatic rings. The van der Waals surface area contributed by atoms with Crippen molar-refractivity contribution in [1.29, 1.82) is 0 Å². The third-order valence-corrected chi connectivity index (χ3v) is 3.88. The first-order valence-corrected chi connectivity index (χ1v) is 7.12. The Morgan fingerprint density at radius 3 is 2.78 bits per heavy atom. The average molecular weight is 251 g/mol. The minimum atomic E-state index is 0.246. The molecule has 1 fully saturated rings. The number of hydrogen-bond acceptors (Lipinski definition) is 3. The van der Waals surface area contributed by atoms with Crippen molar-refractivity contribution >= 4 is 0 Å². The fraction of sp³-hybridized carbons (Fsp3) is 0.786. The van der Waals surface area contributed by atoms with Gasteiger partial charge in [0.2, 0.25) is 0 Å². The fourth-order valence-corrected chi connectivity index (χ4v) is 3.00. The monoisotopic (exact) mass is 251 g/mol. The molecule has 1 saturated carbocycles. The number of aliphatic hydroxyl groups is 1. The van der Waals surface area contributed by atoms with E-state index in [4.69, 9.17) is 0 Å². The summed E-state index contributed by atoms with van der Waals surface area (Å²) in [5.41, 5.74) is 2.36. The summed E-state index contributed by atoms with van der Waals surface area (Å²) < 4.78 is 2.08. The van der Waals surface area contributed by atoms with E-state index in [1.54, 1.807) is 0 Å². The summed E-state index contributed by atoms with van der Waals surface area (Å²) in [6, 6.07) is 2.82. The minimum absolute atomic E-state index is 0.246. The van der Waals surface area contributed by atoms with E-state index in [-0.39, 0.29) is 6.61 Å². The Labute approximate surface area is 110 Å². The van der Waals surface area contributed by atoms with Gasteiger partial charge in [0.25, 0.3) is 0 Å². The molecule has 1 heterocycles. The molecule has 0 atom stereocenters. The maximum Gasteiger partial charge on any atom is 0.0597 e. The second kappa shape index (κ2) is 6.34. The topological polar surface area (TPSA) is 41.3 Å². The second-order valence-corrected chi connectivity index (χ2v) is 5.23.